The van der Waals surface area contributed by atoms with E-state index in [1.807, 2.05) is 78.2 Å². The third kappa shape index (κ3) is 3.39. The van der Waals surface area contributed by atoms with E-state index in [-0.39, 0.29) is 0 Å². The van der Waals surface area contributed by atoms with Gasteiger partial charge in [-0.15, -0.1) is 10.2 Å². The predicted molar refractivity (Wildman–Crippen MR) is 118 cm³/mol. The van der Waals surface area contributed by atoms with E-state index >= 15 is 0 Å². The third-order valence-electron chi connectivity index (χ3n) is 5.56. The van der Waals surface area contributed by atoms with Crippen LogP contribution in [0.4, 0.5) is 0 Å². The van der Waals surface area contributed by atoms with Crippen molar-refractivity contribution in [1.82, 2.24) is 30.0 Å². The zero-order valence-electron chi connectivity index (χ0n) is 17.3. The summed E-state index contributed by atoms with van der Waals surface area (Å²) in [5.74, 6) is 0.484. The summed E-state index contributed by atoms with van der Waals surface area (Å²) in [5, 5.41) is 25.9. The van der Waals surface area contributed by atoms with Crippen molar-refractivity contribution in [1.29, 1.82) is 0 Å². The Labute approximate surface area is 179 Å². The Balaban J connectivity index is 1.65. The molecule has 7 nitrogen and oxygen atoms in total. The largest absolute Gasteiger partial charge is 0.382 e. The van der Waals surface area contributed by atoms with E-state index in [0.29, 0.717) is 5.82 Å². The van der Waals surface area contributed by atoms with Crippen LogP contribution in [0.25, 0.3) is 28.2 Å². The maximum absolute atomic E-state index is 11.3. The third-order valence-corrected chi connectivity index (χ3v) is 5.56. The van der Waals surface area contributed by atoms with Crippen molar-refractivity contribution in [2.45, 2.75) is 26.4 Å². The van der Waals surface area contributed by atoms with E-state index in [1.54, 1.807) is 0 Å². The van der Waals surface area contributed by atoms with Gasteiger partial charge in [-0.25, -0.2) is 4.98 Å². The Morgan fingerprint density at radius 1 is 1.03 bits per heavy atom. The Hall–Kier alpha value is -3.84. The number of aromatic amines is 1. The molecule has 0 aliphatic carbocycles. The molecule has 154 valence electrons. The van der Waals surface area contributed by atoms with Crippen molar-refractivity contribution in [2.75, 3.05) is 0 Å². The SMILES string of the molecule is CCc1cn2c(C(O)c3ccc(-c4ccccc4)c(-c4nn[nH]n4)c3)ccc(C)c2n1. The van der Waals surface area contributed by atoms with Crippen molar-refractivity contribution in [2.24, 2.45) is 0 Å². The minimum atomic E-state index is -0.836. The number of H-pyrrole nitrogens is 1. The summed E-state index contributed by atoms with van der Waals surface area (Å²) in [6.45, 7) is 4.10. The van der Waals surface area contributed by atoms with Crippen LogP contribution in [-0.2, 0) is 6.42 Å². The van der Waals surface area contributed by atoms with Gasteiger partial charge in [0.25, 0.3) is 0 Å². The molecule has 1 atom stereocenters. The van der Waals surface area contributed by atoms with E-state index in [4.69, 9.17) is 4.98 Å². The Bertz CT molecular complexity index is 1340. The number of tetrazole rings is 1. The van der Waals surface area contributed by atoms with Crippen LogP contribution >= 0.6 is 0 Å². The molecule has 0 radical (unpaired) electrons. The van der Waals surface area contributed by atoms with Gasteiger partial charge in [-0.3, -0.25) is 0 Å². The highest BCUT2D eigenvalue weighted by Crippen LogP contribution is 2.34. The molecule has 0 aliphatic rings. The second-order valence-corrected chi connectivity index (χ2v) is 7.53. The van der Waals surface area contributed by atoms with Crippen molar-refractivity contribution < 1.29 is 5.11 Å². The number of aliphatic hydroxyl groups is 1. The first-order valence-corrected chi connectivity index (χ1v) is 10.2. The Kier molecular flexibility index (Phi) is 4.80. The fraction of sp³-hybridized carbons (Fsp3) is 0.167. The molecule has 0 aliphatic heterocycles. The second kappa shape index (κ2) is 7.77. The number of nitrogens with one attached hydrogen (secondary N) is 1. The molecular weight excluding hydrogens is 388 g/mol. The minimum Gasteiger partial charge on any atom is -0.382 e. The monoisotopic (exact) mass is 410 g/mol. The molecule has 0 spiro atoms. The summed E-state index contributed by atoms with van der Waals surface area (Å²) in [5.41, 5.74) is 7.27. The first-order chi connectivity index (χ1) is 15.2. The van der Waals surface area contributed by atoms with Gasteiger partial charge in [0.1, 0.15) is 11.8 Å². The maximum Gasteiger partial charge on any atom is 0.205 e. The molecule has 5 aromatic rings. The lowest BCUT2D eigenvalue weighted by atomic mass is 9.94. The summed E-state index contributed by atoms with van der Waals surface area (Å²) in [7, 11) is 0. The summed E-state index contributed by atoms with van der Waals surface area (Å²) >= 11 is 0. The van der Waals surface area contributed by atoms with Crippen LogP contribution in [0.3, 0.4) is 0 Å². The number of aryl methyl sites for hydroxylation is 2. The van der Waals surface area contributed by atoms with Gasteiger partial charge in [0, 0.05) is 11.8 Å². The maximum atomic E-state index is 11.3. The zero-order chi connectivity index (χ0) is 21.4. The van der Waals surface area contributed by atoms with Crippen molar-refractivity contribution >= 4 is 5.65 Å². The fourth-order valence-electron chi connectivity index (χ4n) is 3.90. The number of rotatable bonds is 5. The van der Waals surface area contributed by atoms with Crippen molar-refractivity contribution in [3.05, 3.63) is 89.4 Å². The van der Waals surface area contributed by atoms with Gasteiger partial charge in [-0.05, 0) is 52.9 Å². The molecule has 5 rings (SSSR count). The number of benzene rings is 2. The average molecular weight is 410 g/mol. The van der Waals surface area contributed by atoms with Crippen LogP contribution in [0.15, 0.2) is 66.9 Å². The molecule has 0 amide bonds. The van der Waals surface area contributed by atoms with Gasteiger partial charge in [0.05, 0.1) is 11.4 Å². The van der Waals surface area contributed by atoms with E-state index in [1.165, 1.54) is 0 Å². The van der Waals surface area contributed by atoms with Crippen LogP contribution in [0, 0.1) is 6.92 Å². The fourth-order valence-corrected chi connectivity index (χ4v) is 3.90. The molecule has 31 heavy (non-hydrogen) atoms. The summed E-state index contributed by atoms with van der Waals surface area (Å²) in [6, 6.07) is 19.9. The minimum absolute atomic E-state index is 0.484. The molecule has 3 heterocycles. The Morgan fingerprint density at radius 3 is 2.61 bits per heavy atom. The van der Waals surface area contributed by atoms with Crippen LogP contribution in [0.1, 0.15) is 35.5 Å². The lowest BCUT2D eigenvalue weighted by Gasteiger charge is -2.17. The van der Waals surface area contributed by atoms with Gasteiger partial charge in [-0.2, -0.15) is 5.21 Å². The van der Waals surface area contributed by atoms with Crippen LogP contribution in [0.5, 0.6) is 0 Å². The van der Waals surface area contributed by atoms with Gasteiger partial charge in [0.15, 0.2) is 0 Å². The number of aromatic nitrogens is 6. The highest BCUT2D eigenvalue weighted by molar-refractivity contribution is 5.81. The topological polar surface area (TPSA) is 92.0 Å². The molecule has 0 saturated heterocycles. The molecule has 3 aromatic heterocycles. The summed E-state index contributed by atoms with van der Waals surface area (Å²) in [6.07, 6.45) is 2.00. The molecule has 7 heteroatoms. The smallest absolute Gasteiger partial charge is 0.205 e. The first-order valence-electron chi connectivity index (χ1n) is 10.2. The predicted octanol–water partition coefficient (Wildman–Crippen LogP) is 4.13. The van der Waals surface area contributed by atoms with Gasteiger partial charge < -0.3 is 9.51 Å². The number of hydrogen-bond acceptors (Lipinski definition) is 5. The highest BCUT2D eigenvalue weighted by atomic mass is 16.3. The van der Waals surface area contributed by atoms with Gasteiger partial charge >= 0.3 is 0 Å². The lowest BCUT2D eigenvalue weighted by Crippen LogP contribution is -2.07. The number of hydrogen-bond donors (Lipinski definition) is 2. The van der Waals surface area contributed by atoms with E-state index < -0.39 is 6.10 Å². The summed E-state index contributed by atoms with van der Waals surface area (Å²) < 4.78 is 1.98. The van der Waals surface area contributed by atoms with E-state index in [0.717, 1.165) is 51.3 Å². The number of nitrogens with zero attached hydrogens (tertiary/aromatic N) is 5. The molecule has 1 unspecified atom stereocenters. The van der Waals surface area contributed by atoms with Crippen LogP contribution in [0.2, 0.25) is 0 Å². The van der Waals surface area contributed by atoms with Gasteiger partial charge in [0.2, 0.25) is 5.82 Å². The highest BCUT2D eigenvalue weighted by Gasteiger charge is 2.19. The first kappa shape index (κ1) is 19.1. The lowest BCUT2D eigenvalue weighted by molar-refractivity contribution is 0.214. The number of pyridine rings is 1. The Morgan fingerprint density at radius 2 is 1.87 bits per heavy atom. The quantitative estimate of drug-likeness (QED) is 0.454. The van der Waals surface area contributed by atoms with Crippen LogP contribution < -0.4 is 0 Å². The average Bonchev–Trinajstić information content (AvgIpc) is 3.50. The van der Waals surface area contributed by atoms with E-state index in [2.05, 4.69) is 27.5 Å². The molecule has 0 saturated carbocycles. The molecule has 2 aromatic carbocycles. The second-order valence-electron chi connectivity index (χ2n) is 7.53. The van der Waals surface area contributed by atoms with Crippen LogP contribution in [-0.4, -0.2) is 35.1 Å². The molecular formula is C24H22N6O. The summed E-state index contributed by atoms with van der Waals surface area (Å²) in [4.78, 5) is 4.70. The zero-order valence-corrected chi connectivity index (χ0v) is 17.3. The van der Waals surface area contributed by atoms with Crippen molar-refractivity contribution in [3.63, 3.8) is 0 Å². The normalized spacial score (nSPS) is 12.4. The number of aliphatic hydroxyl groups excluding tert-OH is 1. The standard InChI is InChI=1S/C24H22N6O/c1-3-18-14-30-21(12-9-15(2)24(30)25-18)22(31)17-10-11-19(16-7-5-4-6-8-16)20(13-17)23-26-28-29-27-23/h4-14,22,31H,3H2,1-2H3,(H,26,27,28,29). The molecule has 2 N–H and O–H groups in total. The number of imidazole rings is 1. The van der Waals surface area contributed by atoms with E-state index in [9.17, 15) is 5.11 Å². The van der Waals surface area contributed by atoms with Crippen molar-refractivity contribution in [3.8, 4) is 22.5 Å². The molecule has 0 bridgehead atoms. The molecule has 0 fully saturated rings. The van der Waals surface area contributed by atoms with Gasteiger partial charge in [-0.1, -0.05) is 55.5 Å². The number of fused-ring (bicyclic) bond motifs is 1.